The van der Waals surface area contributed by atoms with E-state index in [9.17, 15) is 9.59 Å². The highest BCUT2D eigenvalue weighted by molar-refractivity contribution is 6.30. The van der Waals surface area contributed by atoms with Crippen molar-refractivity contribution in [2.45, 2.75) is 6.42 Å². The third-order valence-electron chi connectivity index (χ3n) is 3.53. The number of hydrazine groups is 1. The van der Waals surface area contributed by atoms with E-state index in [-0.39, 0.29) is 18.2 Å². The average Bonchev–Trinajstić information content (AvgIpc) is 2.50. The van der Waals surface area contributed by atoms with Crippen molar-refractivity contribution in [1.82, 2.24) is 20.7 Å². The molecule has 1 saturated heterocycles. The lowest BCUT2D eigenvalue weighted by molar-refractivity contribution is -0.126. The van der Waals surface area contributed by atoms with E-state index in [1.165, 1.54) is 0 Å². The van der Waals surface area contributed by atoms with Crippen LogP contribution in [-0.4, -0.2) is 61.5 Å². The van der Waals surface area contributed by atoms with Gasteiger partial charge in [-0.05, 0) is 31.3 Å². The lowest BCUT2D eigenvalue weighted by atomic mass is 10.2. The fraction of sp³-hybridized carbons (Fsp3) is 0.467. The van der Waals surface area contributed by atoms with Crippen molar-refractivity contribution in [2.75, 3.05) is 39.8 Å². The van der Waals surface area contributed by atoms with E-state index >= 15 is 0 Å². The first-order valence-corrected chi connectivity index (χ1v) is 7.69. The monoisotopic (exact) mass is 324 g/mol. The van der Waals surface area contributed by atoms with Crippen molar-refractivity contribution in [3.05, 3.63) is 34.9 Å². The predicted molar refractivity (Wildman–Crippen MR) is 85.6 cm³/mol. The molecule has 7 heteroatoms. The SMILES string of the molecule is CN1CCN(NC(=O)CCNC(=O)c2ccc(Cl)cc2)CC1. The van der Waals surface area contributed by atoms with Gasteiger partial charge in [-0.1, -0.05) is 11.6 Å². The summed E-state index contributed by atoms with van der Waals surface area (Å²) in [6.07, 6.45) is 0.256. The number of amides is 2. The highest BCUT2D eigenvalue weighted by Gasteiger charge is 2.15. The Labute approximate surface area is 135 Å². The van der Waals surface area contributed by atoms with Crippen LogP contribution in [-0.2, 0) is 4.79 Å². The molecular formula is C15H21ClN4O2. The third kappa shape index (κ3) is 5.29. The molecule has 1 aliphatic heterocycles. The standard InChI is InChI=1S/C15H21ClN4O2/c1-19-8-10-20(11-9-19)18-14(21)6-7-17-15(22)12-2-4-13(16)5-3-12/h2-5H,6-11H2,1H3,(H,17,22)(H,18,21). The fourth-order valence-electron chi connectivity index (χ4n) is 2.14. The fourth-order valence-corrected chi connectivity index (χ4v) is 2.27. The molecule has 2 N–H and O–H groups in total. The number of halogens is 1. The maximum atomic E-state index is 11.9. The summed E-state index contributed by atoms with van der Waals surface area (Å²) in [5.41, 5.74) is 3.39. The first kappa shape index (κ1) is 16.7. The summed E-state index contributed by atoms with van der Waals surface area (Å²) >= 11 is 5.77. The number of likely N-dealkylation sites (N-methyl/N-ethyl adjacent to an activating group) is 1. The molecule has 0 aromatic heterocycles. The molecule has 0 aliphatic carbocycles. The average molecular weight is 325 g/mol. The van der Waals surface area contributed by atoms with E-state index in [1.54, 1.807) is 24.3 Å². The van der Waals surface area contributed by atoms with E-state index in [4.69, 9.17) is 11.6 Å². The van der Waals surface area contributed by atoms with Gasteiger partial charge in [0.15, 0.2) is 0 Å². The van der Waals surface area contributed by atoms with Crippen LogP contribution in [0.2, 0.25) is 5.02 Å². The number of carbonyl (C=O) groups excluding carboxylic acids is 2. The molecule has 0 spiro atoms. The molecule has 1 heterocycles. The van der Waals surface area contributed by atoms with Gasteiger partial charge >= 0.3 is 0 Å². The summed E-state index contributed by atoms with van der Waals surface area (Å²) in [5.74, 6) is -0.287. The van der Waals surface area contributed by atoms with Crippen LogP contribution in [0.15, 0.2) is 24.3 Å². The van der Waals surface area contributed by atoms with Crippen molar-refractivity contribution < 1.29 is 9.59 Å². The minimum absolute atomic E-state index is 0.0824. The largest absolute Gasteiger partial charge is 0.352 e. The van der Waals surface area contributed by atoms with Gasteiger partial charge in [0.25, 0.3) is 5.91 Å². The maximum Gasteiger partial charge on any atom is 0.251 e. The Bertz CT molecular complexity index is 513. The molecular weight excluding hydrogens is 304 g/mol. The normalized spacial score (nSPS) is 16.3. The van der Waals surface area contributed by atoms with Gasteiger partial charge in [-0.25, -0.2) is 5.01 Å². The topological polar surface area (TPSA) is 64.7 Å². The Kier molecular flexibility index (Phi) is 6.18. The predicted octanol–water partition coefficient (Wildman–Crippen LogP) is 0.738. The molecule has 0 radical (unpaired) electrons. The number of nitrogens with one attached hydrogen (secondary N) is 2. The van der Waals surface area contributed by atoms with Gasteiger partial charge in [0, 0.05) is 49.7 Å². The van der Waals surface area contributed by atoms with Crippen LogP contribution in [0.25, 0.3) is 0 Å². The highest BCUT2D eigenvalue weighted by atomic mass is 35.5. The summed E-state index contributed by atoms with van der Waals surface area (Å²) in [7, 11) is 2.06. The van der Waals surface area contributed by atoms with E-state index in [2.05, 4.69) is 22.7 Å². The Morgan fingerprint density at radius 1 is 1.14 bits per heavy atom. The van der Waals surface area contributed by atoms with Crippen molar-refractivity contribution in [3.63, 3.8) is 0 Å². The van der Waals surface area contributed by atoms with Crippen molar-refractivity contribution >= 4 is 23.4 Å². The van der Waals surface area contributed by atoms with Crippen molar-refractivity contribution in [1.29, 1.82) is 0 Å². The van der Waals surface area contributed by atoms with Crippen LogP contribution in [0.5, 0.6) is 0 Å². The van der Waals surface area contributed by atoms with E-state index in [0.29, 0.717) is 17.1 Å². The van der Waals surface area contributed by atoms with Crippen LogP contribution in [0, 0.1) is 0 Å². The van der Waals surface area contributed by atoms with Gasteiger partial charge in [-0.15, -0.1) is 0 Å². The second kappa shape index (κ2) is 8.12. The first-order chi connectivity index (χ1) is 10.5. The molecule has 6 nitrogen and oxygen atoms in total. The van der Waals surface area contributed by atoms with Crippen LogP contribution in [0.4, 0.5) is 0 Å². The second-order valence-corrected chi connectivity index (χ2v) is 5.77. The summed E-state index contributed by atoms with van der Waals surface area (Å²) in [6, 6.07) is 6.64. The molecule has 2 rings (SSSR count). The van der Waals surface area contributed by atoms with E-state index in [0.717, 1.165) is 26.2 Å². The Hall–Kier alpha value is -1.63. The molecule has 1 fully saturated rings. The molecule has 0 saturated carbocycles. The van der Waals surface area contributed by atoms with E-state index < -0.39 is 0 Å². The number of piperazine rings is 1. The number of rotatable bonds is 5. The number of hydrogen-bond donors (Lipinski definition) is 2. The molecule has 0 atom stereocenters. The Balaban J connectivity index is 1.66. The van der Waals surface area contributed by atoms with Gasteiger partial charge < -0.3 is 10.2 Å². The first-order valence-electron chi connectivity index (χ1n) is 7.31. The van der Waals surface area contributed by atoms with Gasteiger partial charge in [0.2, 0.25) is 5.91 Å². The molecule has 120 valence electrons. The smallest absolute Gasteiger partial charge is 0.251 e. The van der Waals surface area contributed by atoms with Crippen molar-refractivity contribution in [2.24, 2.45) is 0 Å². The van der Waals surface area contributed by atoms with Gasteiger partial charge in [-0.2, -0.15) is 0 Å². The molecule has 2 amide bonds. The van der Waals surface area contributed by atoms with E-state index in [1.807, 2.05) is 5.01 Å². The van der Waals surface area contributed by atoms with Crippen LogP contribution >= 0.6 is 11.6 Å². The summed E-state index contributed by atoms with van der Waals surface area (Å²) < 4.78 is 0. The second-order valence-electron chi connectivity index (χ2n) is 5.34. The lowest BCUT2D eigenvalue weighted by Crippen LogP contribution is -2.52. The van der Waals surface area contributed by atoms with Gasteiger partial charge in [-0.3, -0.25) is 15.0 Å². The molecule has 22 heavy (non-hydrogen) atoms. The quantitative estimate of drug-likeness (QED) is 0.838. The lowest BCUT2D eigenvalue weighted by Gasteiger charge is -2.32. The zero-order valence-corrected chi connectivity index (χ0v) is 13.4. The number of hydrogen-bond acceptors (Lipinski definition) is 4. The minimum Gasteiger partial charge on any atom is -0.352 e. The molecule has 1 aliphatic rings. The van der Waals surface area contributed by atoms with Crippen LogP contribution in [0.3, 0.4) is 0 Å². The summed E-state index contributed by atoms with van der Waals surface area (Å²) in [6.45, 7) is 3.82. The number of nitrogens with zero attached hydrogens (tertiary/aromatic N) is 2. The Morgan fingerprint density at radius 3 is 2.41 bits per heavy atom. The number of benzene rings is 1. The molecule has 1 aromatic rings. The molecule has 1 aromatic carbocycles. The summed E-state index contributed by atoms with van der Waals surface area (Å²) in [4.78, 5) is 25.9. The number of carbonyl (C=O) groups is 2. The Morgan fingerprint density at radius 2 is 1.77 bits per heavy atom. The van der Waals surface area contributed by atoms with Crippen LogP contribution in [0.1, 0.15) is 16.8 Å². The molecule has 0 bridgehead atoms. The maximum absolute atomic E-state index is 11.9. The highest BCUT2D eigenvalue weighted by Crippen LogP contribution is 2.09. The zero-order chi connectivity index (χ0) is 15.9. The molecule has 0 unspecified atom stereocenters. The van der Waals surface area contributed by atoms with Gasteiger partial charge in [0.05, 0.1) is 0 Å². The van der Waals surface area contributed by atoms with Crippen molar-refractivity contribution in [3.8, 4) is 0 Å². The zero-order valence-electron chi connectivity index (χ0n) is 12.6. The summed E-state index contributed by atoms with van der Waals surface area (Å²) in [5, 5.41) is 5.23. The van der Waals surface area contributed by atoms with Gasteiger partial charge in [0.1, 0.15) is 0 Å². The van der Waals surface area contributed by atoms with Crippen LogP contribution < -0.4 is 10.7 Å². The third-order valence-corrected chi connectivity index (χ3v) is 3.78. The minimum atomic E-state index is -0.205.